The van der Waals surface area contributed by atoms with E-state index in [9.17, 15) is 20.1 Å². The molecule has 0 amide bonds. The van der Waals surface area contributed by atoms with Gasteiger partial charge in [-0.2, -0.15) is 0 Å². The summed E-state index contributed by atoms with van der Waals surface area (Å²) >= 11 is 6.06. The molecule has 2 aromatic carbocycles. The van der Waals surface area contributed by atoms with Gasteiger partial charge in [-0.1, -0.05) is 49.7 Å². The van der Waals surface area contributed by atoms with E-state index < -0.39 is 5.97 Å². The number of aliphatic carboxylic acids is 1. The number of rotatable bonds is 12. The standard InChI is InChI=1S/C27H33ClN2O5/c1-18(2)16-29(23(15-27(33)34)21-5-7-22(28)8-6-21)17-20-4-9-24(19(3)14-20)35-13-12-30-25(31)10-11-26(30)32/h4-11,14,18,23,31-32H,12-13,15-17H2,1-3H3,(H,33,34). The molecule has 1 unspecified atom stereocenters. The molecule has 1 aromatic heterocycles. The average Bonchev–Trinajstić information content (AvgIpc) is 3.11. The fraction of sp³-hybridized carbons (Fsp3) is 0.370. The van der Waals surface area contributed by atoms with Gasteiger partial charge in [-0.25, -0.2) is 0 Å². The highest BCUT2D eigenvalue weighted by atomic mass is 35.5. The summed E-state index contributed by atoms with van der Waals surface area (Å²) in [6.45, 7) is 8.12. The lowest BCUT2D eigenvalue weighted by Crippen LogP contribution is -2.33. The van der Waals surface area contributed by atoms with E-state index in [0.717, 1.165) is 29.0 Å². The van der Waals surface area contributed by atoms with E-state index >= 15 is 0 Å². The van der Waals surface area contributed by atoms with Crippen LogP contribution < -0.4 is 4.74 Å². The first-order chi connectivity index (χ1) is 16.6. The zero-order chi connectivity index (χ0) is 25.5. The van der Waals surface area contributed by atoms with Crippen molar-refractivity contribution >= 4 is 17.6 Å². The third-order valence-corrected chi connectivity index (χ3v) is 6.05. The summed E-state index contributed by atoms with van der Waals surface area (Å²) in [5.74, 6) is 0.192. The van der Waals surface area contributed by atoms with Gasteiger partial charge in [0.15, 0.2) is 11.8 Å². The summed E-state index contributed by atoms with van der Waals surface area (Å²) in [6.07, 6.45) is -0.00634. The van der Waals surface area contributed by atoms with Gasteiger partial charge in [0.2, 0.25) is 0 Å². The molecule has 188 valence electrons. The van der Waals surface area contributed by atoms with Gasteiger partial charge in [0.05, 0.1) is 13.0 Å². The monoisotopic (exact) mass is 500 g/mol. The Hall–Kier alpha value is -3.16. The van der Waals surface area contributed by atoms with Gasteiger partial charge in [-0.3, -0.25) is 14.3 Å². The van der Waals surface area contributed by atoms with Crippen LogP contribution in [0.5, 0.6) is 17.5 Å². The van der Waals surface area contributed by atoms with E-state index in [1.54, 1.807) is 12.1 Å². The second-order valence-corrected chi connectivity index (χ2v) is 9.57. The number of aromatic nitrogens is 1. The van der Waals surface area contributed by atoms with E-state index in [-0.39, 0.29) is 30.8 Å². The second kappa shape index (κ2) is 12.0. The summed E-state index contributed by atoms with van der Waals surface area (Å²) < 4.78 is 7.25. The number of aryl methyl sites for hydroxylation is 1. The Bertz CT molecular complexity index is 1110. The Labute approximate surface area is 211 Å². The molecular weight excluding hydrogens is 468 g/mol. The summed E-state index contributed by atoms with van der Waals surface area (Å²) in [5, 5.41) is 29.8. The number of benzene rings is 2. The third kappa shape index (κ3) is 7.41. The van der Waals surface area contributed by atoms with Crippen LogP contribution in [-0.4, -0.2) is 43.9 Å². The molecule has 3 N–H and O–H groups in total. The first-order valence-electron chi connectivity index (χ1n) is 11.6. The fourth-order valence-corrected chi connectivity index (χ4v) is 4.33. The van der Waals surface area contributed by atoms with Crippen molar-refractivity contribution in [1.82, 2.24) is 9.47 Å². The molecule has 0 radical (unpaired) electrons. The Kier molecular flexibility index (Phi) is 9.07. The largest absolute Gasteiger partial charge is 0.494 e. The van der Waals surface area contributed by atoms with Crippen LogP contribution in [0.15, 0.2) is 54.6 Å². The number of nitrogens with zero attached hydrogens (tertiary/aromatic N) is 2. The molecule has 0 saturated heterocycles. The molecule has 35 heavy (non-hydrogen) atoms. The highest BCUT2D eigenvalue weighted by Crippen LogP contribution is 2.30. The van der Waals surface area contributed by atoms with Gasteiger partial charge >= 0.3 is 5.97 Å². The second-order valence-electron chi connectivity index (χ2n) is 9.14. The van der Waals surface area contributed by atoms with Gasteiger partial charge in [-0.15, -0.1) is 0 Å². The summed E-state index contributed by atoms with van der Waals surface area (Å²) in [6, 6.07) is 15.9. The number of ether oxygens (including phenoxy) is 1. The van der Waals surface area contributed by atoms with Crippen molar-refractivity contribution in [1.29, 1.82) is 0 Å². The zero-order valence-electron chi connectivity index (χ0n) is 20.3. The van der Waals surface area contributed by atoms with Crippen molar-refractivity contribution in [2.24, 2.45) is 5.92 Å². The van der Waals surface area contributed by atoms with Crippen molar-refractivity contribution in [3.8, 4) is 17.5 Å². The van der Waals surface area contributed by atoms with Gasteiger partial charge in [0, 0.05) is 36.3 Å². The van der Waals surface area contributed by atoms with Crippen LogP contribution in [0.1, 0.15) is 43.0 Å². The molecule has 0 bridgehead atoms. The lowest BCUT2D eigenvalue weighted by molar-refractivity contribution is -0.138. The molecule has 0 spiro atoms. The van der Waals surface area contributed by atoms with Crippen LogP contribution in [0, 0.1) is 12.8 Å². The van der Waals surface area contributed by atoms with Gasteiger partial charge < -0.3 is 20.1 Å². The van der Waals surface area contributed by atoms with Crippen LogP contribution in [-0.2, 0) is 17.9 Å². The Morgan fingerprint density at radius 3 is 2.29 bits per heavy atom. The predicted molar refractivity (Wildman–Crippen MR) is 136 cm³/mol. The first kappa shape index (κ1) is 26.4. The van der Waals surface area contributed by atoms with Crippen molar-refractivity contribution in [3.05, 3.63) is 76.3 Å². The normalized spacial score (nSPS) is 12.3. The van der Waals surface area contributed by atoms with Crippen LogP contribution >= 0.6 is 11.6 Å². The first-order valence-corrected chi connectivity index (χ1v) is 12.0. The number of carboxylic acid groups (broad SMARTS) is 1. The number of carboxylic acids is 1. The zero-order valence-corrected chi connectivity index (χ0v) is 21.1. The van der Waals surface area contributed by atoms with Gasteiger partial charge in [0.1, 0.15) is 12.4 Å². The molecule has 0 aliphatic heterocycles. The van der Waals surface area contributed by atoms with Gasteiger partial charge in [-0.05, 0) is 47.7 Å². The maximum absolute atomic E-state index is 11.7. The average molecular weight is 501 g/mol. The molecule has 0 aliphatic rings. The molecule has 8 heteroatoms. The molecule has 0 aliphatic carbocycles. The quantitative estimate of drug-likeness (QED) is 0.299. The molecule has 1 heterocycles. The lowest BCUT2D eigenvalue weighted by Gasteiger charge is -2.33. The number of carbonyl (C=O) groups is 1. The molecule has 0 fully saturated rings. The van der Waals surface area contributed by atoms with Gasteiger partial charge in [0.25, 0.3) is 0 Å². The molecule has 7 nitrogen and oxygen atoms in total. The number of hydrogen-bond donors (Lipinski definition) is 3. The Morgan fingerprint density at radius 2 is 1.71 bits per heavy atom. The highest BCUT2D eigenvalue weighted by molar-refractivity contribution is 6.30. The smallest absolute Gasteiger partial charge is 0.305 e. The topological polar surface area (TPSA) is 95.2 Å². The van der Waals surface area contributed by atoms with Crippen LogP contribution in [0.4, 0.5) is 0 Å². The minimum Gasteiger partial charge on any atom is -0.494 e. The van der Waals surface area contributed by atoms with Crippen LogP contribution in [0.2, 0.25) is 5.02 Å². The number of aromatic hydroxyl groups is 2. The molecule has 3 aromatic rings. The number of halogens is 1. The Morgan fingerprint density at radius 1 is 1.06 bits per heavy atom. The minimum atomic E-state index is -0.849. The third-order valence-electron chi connectivity index (χ3n) is 5.80. The summed E-state index contributed by atoms with van der Waals surface area (Å²) in [5.41, 5.74) is 2.93. The maximum Gasteiger partial charge on any atom is 0.305 e. The fourth-order valence-electron chi connectivity index (χ4n) is 4.21. The van der Waals surface area contributed by atoms with E-state index in [2.05, 4.69) is 18.7 Å². The number of hydrogen-bond acceptors (Lipinski definition) is 5. The van der Waals surface area contributed by atoms with Crippen LogP contribution in [0.25, 0.3) is 0 Å². The molecule has 3 rings (SSSR count). The molecule has 0 saturated carbocycles. The van der Waals surface area contributed by atoms with E-state index in [0.29, 0.717) is 24.0 Å². The Balaban J connectivity index is 1.75. The van der Waals surface area contributed by atoms with Crippen molar-refractivity contribution in [2.75, 3.05) is 13.2 Å². The van der Waals surface area contributed by atoms with Crippen molar-refractivity contribution < 1.29 is 24.9 Å². The van der Waals surface area contributed by atoms with E-state index in [1.165, 1.54) is 16.7 Å². The molecule has 1 atom stereocenters. The van der Waals surface area contributed by atoms with Crippen molar-refractivity contribution in [3.63, 3.8) is 0 Å². The van der Waals surface area contributed by atoms with E-state index in [1.807, 2.05) is 37.3 Å². The lowest BCUT2D eigenvalue weighted by atomic mass is 9.99. The summed E-state index contributed by atoms with van der Waals surface area (Å²) in [4.78, 5) is 13.9. The predicted octanol–water partition coefficient (Wildman–Crippen LogP) is 5.61. The SMILES string of the molecule is Cc1cc(CN(CC(C)C)C(CC(=O)O)c2ccc(Cl)cc2)ccc1OCCn1c(O)ccc1O. The highest BCUT2D eigenvalue weighted by Gasteiger charge is 2.24. The summed E-state index contributed by atoms with van der Waals surface area (Å²) in [7, 11) is 0. The van der Waals surface area contributed by atoms with Crippen molar-refractivity contribution in [2.45, 2.75) is 46.3 Å². The molecular formula is C27H33ClN2O5. The van der Waals surface area contributed by atoms with E-state index in [4.69, 9.17) is 16.3 Å². The minimum absolute atomic E-state index is 0.00634. The van der Waals surface area contributed by atoms with Crippen LogP contribution in [0.3, 0.4) is 0 Å². The maximum atomic E-state index is 11.7.